The maximum Gasteiger partial charge on any atom is 0.159 e. The lowest BCUT2D eigenvalue weighted by Crippen LogP contribution is -2.28. The van der Waals surface area contributed by atoms with Crippen molar-refractivity contribution < 1.29 is 14.2 Å². The molecule has 1 aliphatic rings. The monoisotopic (exact) mass is 510 g/mol. The number of benzene rings is 1. The molecule has 2 aromatic rings. The Hall–Kier alpha value is -1.98. The Bertz CT molecular complexity index is 819. The first-order valence-corrected chi connectivity index (χ1v) is 15.1. The molecule has 0 spiro atoms. The van der Waals surface area contributed by atoms with Crippen LogP contribution in [0.1, 0.15) is 116 Å². The SMILES string of the molecule is CCCCCCCCCCc1cnc(-c2ccc(OCCCC(CCC)O[C@H]3CCCCO3)cc2)nc1. The summed E-state index contributed by atoms with van der Waals surface area (Å²) in [4.78, 5) is 9.22. The first kappa shape index (κ1) is 29.6. The van der Waals surface area contributed by atoms with Gasteiger partial charge in [0.1, 0.15) is 5.75 Å². The summed E-state index contributed by atoms with van der Waals surface area (Å²) in [6.45, 7) is 6.01. The predicted molar refractivity (Wildman–Crippen MR) is 152 cm³/mol. The normalized spacial score (nSPS) is 16.5. The van der Waals surface area contributed by atoms with E-state index < -0.39 is 0 Å². The standard InChI is InChI=1S/C32H50N2O3/c1-3-5-6-7-8-9-10-11-16-27-25-33-32(34-26-27)28-19-21-29(22-20-28)35-24-14-17-30(15-4-2)37-31-18-12-13-23-36-31/h19-22,25-26,30-31H,3-18,23-24H2,1-2H3/t30?,31-/m0/s1. The molecule has 1 aliphatic heterocycles. The van der Waals surface area contributed by atoms with Crippen molar-refractivity contribution in [3.8, 4) is 17.1 Å². The van der Waals surface area contributed by atoms with E-state index in [1.807, 2.05) is 36.7 Å². The van der Waals surface area contributed by atoms with Gasteiger partial charge in [-0.25, -0.2) is 9.97 Å². The maximum absolute atomic E-state index is 6.21. The van der Waals surface area contributed by atoms with Gasteiger partial charge in [-0.1, -0.05) is 65.2 Å². The van der Waals surface area contributed by atoms with Gasteiger partial charge in [-0.15, -0.1) is 0 Å². The molecule has 1 saturated heterocycles. The second-order valence-electron chi connectivity index (χ2n) is 10.5. The summed E-state index contributed by atoms with van der Waals surface area (Å²) in [5, 5.41) is 0. The van der Waals surface area contributed by atoms with Crippen LogP contribution in [-0.4, -0.2) is 35.6 Å². The van der Waals surface area contributed by atoms with Gasteiger partial charge in [0.25, 0.3) is 0 Å². The minimum absolute atomic E-state index is 0.0137. The number of hydrogen-bond donors (Lipinski definition) is 0. The summed E-state index contributed by atoms with van der Waals surface area (Å²) in [6, 6.07) is 8.13. The molecule has 3 rings (SSSR count). The van der Waals surface area contributed by atoms with Gasteiger partial charge in [0, 0.05) is 24.6 Å². The molecule has 0 N–H and O–H groups in total. The van der Waals surface area contributed by atoms with Crippen LogP contribution in [0.15, 0.2) is 36.7 Å². The third kappa shape index (κ3) is 12.0. The Kier molecular flexibility index (Phi) is 14.6. The predicted octanol–water partition coefficient (Wildman–Crippen LogP) is 8.70. The van der Waals surface area contributed by atoms with E-state index >= 15 is 0 Å². The Morgan fingerprint density at radius 1 is 0.838 bits per heavy atom. The van der Waals surface area contributed by atoms with Crippen molar-refractivity contribution >= 4 is 0 Å². The molecule has 37 heavy (non-hydrogen) atoms. The van der Waals surface area contributed by atoms with Crippen molar-refractivity contribution in [3.63, 3.8) is 0 Å². The quantitative estimate of drug-likeness (QED) is 0.177. The van der Waals surface area contributed by atoms with Crippen molar-refractivity contribution in [1.29, 1.82) is 0 Å². The molecule has 0 saturated carbocycles. The van der Waals surface area contributed by atoms with Crippen molar-refractivity contribution in [2.45, 2.75) is 129 Å². The van der Waals surface area contributed by atoms with Crippen LogP contribution in [0.25, 0.3) is 11.4 Å². The molecular weight excluding hydrogens is 460 g/mol. The summed E-state index contributed by atoms with van der Waals surface area (Å²) in [5.74, 6) is 1.66. The second kappa shape index (κ2) is 18.3. The second-order valence-corrected chi connectivity index (χ2v) is 10.5. The third-order valence-electron chi connectivity index (χ3n) is 7.17. The summed E-state index contributed by atoms with van der Waals surface area (Å²) in [5.41, 5.74) is 2.25. The van der Waals surface area contributed by atoms with Crippen LogP contribution in [0.5, 0.6) is 5.75 Å². The minimum atomic E-state index is -0.0137. The van der Waals surface area contributed by atoms with E-state index in [0.717, 1.165) is 68.7 Å². The van der Waals surface area contributed by atoms with Crippen molar-refractivity contribution in [2.75, 3.05) is 13.2 Å². The largest absolute Gasteiger partial charge is 0.494 e. The van der Waals surface area contributed by atoms with Gasteiger partial charge in [0.05, 0.1) is 12.7 Å². The first-order chi connectivity index (χ1) is 18.3. The highest BCUT2D eigenvalue weighted by atomic mass is 16.7. The van der Waals surface area contributed by atoms with Crippen LogP contribution < -0.4 is 4.74 Å². The lowest BCUT2D eigenvalue weighted by atomic mass is 10.1. The molecule has 2 atom stereocenters. The van der Waals surface area contributed by atoms with E-state index in [1.165, 1.54) is 63.4 Å². The minimum Gasteiger partial charge on any atom is -0.494 e. The lowest BCUT2D eigenvalue weighted by Gasteiger charge is -2.27. The molecule has 2 heterocycles. The fourth-order valence-corrected chi connectivity index (χ4v) is 4.93. The zero-order chi connectivity index (χ0) is 26.0. The van der Waals surface area contributed by atoms with E-state index in [2.05, 4.69) is 23.8 Å². The molecule has 1 fully saturated rings. The van der Waals surface area contributed by atoms with Crippen LogP contribution >= 0.6 is 0 Å². The van der Waals surface area contributed by atoms with Gasteiger partial charge in [-0.05, 0) is 81.2 Å². The van der Waals surface area contributed by atoms with Crippen molar-refractivity contribution in [3.05, 3.63) is 42.2 Å². The number of rotatable bonds is 19. The summed E-state index contributed by atoms with van der Waals surface area (Å²) < 4.78 is 18.0. The first-order valence-electron chi connectivity index (χ1n) is 15.1. The van der Waals surface area contributed by atoms with E-state index in [4.69, 9.17) is 14.2 Å². The Labute approximate surface area is 225 Å². The number of aromatic nitrogens is 2. The molecule has 206 valence electrons. The summed E-state index contributed by atoms with van der Waals surface area (Å²) >= 11 is 0. The molecular formula is C32H50N2O3. The number of nitrogens with zero attached hydrogens (tertiary/aromatic N) is 2. The van der Waals surface area contributed by atoms with Crippen LogP contribution in [0, 0.1) is 0 Å². The molecule has 1 aromatic heterocycles. The number of unbranched alkanes of at least 4 members (excludes halogenated alkanes) is 7. The van der Waals surface area contributed by atoms with Crippen LogP contribution in [0.4, 0.5) is 0 Å². The molecule has 5 nitrogen and oxygen atoms in total. The molecule has 0 bridgehead atoms. The Balaban J connectivity index is 1.32. The lowest BCUT2D eigenvalue weighted by molar-refractivity contribution is -0.190. The van der Waals surface area contributed by atoms with E-state index in [9.17, 15) is 0 Å². The molecule has 0 radical (unpaired) electrons. The van der Waals surface area contributed by atoms with E-state index in [-0.39, 0.29) is 12.4 Å². The van der Waals surface area contributed by atoms with Gasteiger partial charge in [-0.2, -0.15) is 0 Å². The van der Waals surface area contributed by atoms with Crippen molar-refractivity contribution in [1.82, 2.24) is 9.97 Å². The number of hydrogen-bond acceptors (Lipinski definition) is 5. The Morgan fingerprint density at radius 3 is 2.24 bits per heavy atom. The molecule has 0 aliphatic carbocycles. The van der Waals surface area contributed by atoms with Gasteiger partial charge in [-0.3, -0.25) is 0 Å². The van der Waals surface area contributed by atoms with Crippen LogP contribution in [0.2, 0.25) is 0 Å². The summed E-state index contributed by atoms with van der Waals surface area (Å²) in [7, 11) is 0. The zero-order valence-corrected chi connectivity index (χ0v) is 23.5. The fourth-order valence-electron chi connectivity index (χ4n) is 4.93. The highest BCUT2D eigenvalue weighted by molar-refractivity contribution is 5.55. The maximum atomic E-state index is 6.21. The molecule has 0 amide bonds. The highest BCUT2D eigenvalue weighted by Crippen LogP contribution is 2.22. The van der Waals surface area contributed by atoms with Gasteiger partial charge in [0.2, 0.25) is 0 Å². The number of aryl methyl sites for hydroxylation is 1. The average molecular weight is 511 g/mol. The van der Waals surface area contributed by atoms with Crippen LogP contribution in [0.3, 0.4) is 0 Å². The van der Waals surface area contributed by atoms with E-state index in [0.29, 0.717) is 6.61 Å². The number of ether oxygens (including phenoxy) is 3. The van der Waals surface area contributed by atoms with Gasteiger partial charge >= 0.3 is 0 Å². The van der Waals surface area contributed by atoms with Crippen molar-refractivity contribution in [2.24, 2.45) is 0 Å². The fraction of sp³-hybridized carbons (Fsp3) is 0.688. The zero-order valence-electron chi connectivity index (χ0n) is 23.5. The van der Waals surface area contributed by atoms with Gasteiger partial charge in [0.15, 0.2) is 12.1 Å². The smallest absolute Gasteiger partial charge is 0.159 e. The van der Waals surface area contributed by atoms with Crippen LogP contribution in [-0.2, 0) is 15.9 Å². The molecule has 1 aromatic carbocycles. The highest BCUT2D eigenvalue weighted by Gasteiger charge is 2.19. The average Bonchev–Trinajstić information content (AvgIpc) is 2.94. The topological polar surface area (TPSA) is 53.5 Å². The third-order valence-corrected chi connectivity index (χ3v) is 7.17. The molecule has 1 unspecified atom stereocenters. The van der Waals surface area contributed by atoms with Gasteiger partial charge < -0.3 is 14.2 Å². The van der Waals surface area contributed by atoms with E-state index in [1.54, 1.807) is 0 Å². The summed E-state index contributed by atoms with van der Waals surface area (Å²) in [6.07, 6.45) is 23.6. The molecule has 5 heteroatoms. The Morgan fingerprint density at radius 2 is 1.57 bits per heavy atom.